The predicted molar refractivity (Wildman–Crippen MR) is 105 cm³/mol. The molecule has 0 atom stereocenters. The lowest BCUT2D eigenvalue weighted by molar-refractivity contribution is 0.0809. The highest BCUT2D eigenvalue weighted by Gasteiger charge is 2.27. The quantitative estimate of drug-likeness (QED) is 0.422. The second kappa shape index (κ2) is 8.72. The summed E-state index contributed by atoms with van der Waals surface area (Å²) in [5.41, 5.74) is 2.18. The topological polar surface area (TPSA) is 34.1 Å². The van der Waals surface area contributed by atoms with Crippen LogP contribution >= 0.6 is 0 Å². The van der Waals surface area contributed by atoms with Gasteiger partial charge in [-0.1, -0.05) is 103 Å². The van der Waals surface area contributed by atoms with Gasteiger partial charge in [0, 0.05) is 11.1 Å². The zero-order valence-corrected chi connectivity index (χ0v) is 14.4. The molecule has 0 saturated heterocycles. The van der Waals surface area contributed by atoms with Gasteiger partial charge in [-0.3, -0.25) is 9.59 Å². The van der Waals surface area contributed by atoms with Crippen molar-refractivity contribution in [1.82, 2.24) is 0 Å². The van der Waals surface area contributed by atoms with E-state index < -0.39 is 5.92 Å². The number of Topliss-reactive ketones (excluding diaryl/α,β-unsaturated/α-hetero) is 2. The molecule has 0 aliphatic rings. The van der Waals surface area contributed by atoms with Crippen LogP contribution in [-0.4, -0.2) is 11.6 Å². The molecular weight excluding hydrogens is 320 g/mol. The third kappa shape index (κ3) is 4.42. The molecule has 0 saturated carbocycles. The fraction of sp³-hybridized carbons (Fsp3) is 0.0833. The first-order chi connectivity index (χ1) is 12.8. The van der Waals surface area contributed by atoms with Crippen molar-refractivity contribution in [1.29, 1.82) is 0 Å². The van der Waals surface area contributed by atoms with E-state index in [-0.39, 0.29) is 11.6 Å². The second-order valence-corrected chi connectivity index (χ2v) is 6.06. The summed E-state index contributed by atoms with van der Waals surface area (Å²) in [6.45, 7) is 0. The molecule has 0 heterocycles. The van der Waals surface area contributed by atoms with Crippen molar-refractivity contribution in [2.75, 3.05) is 0 Å². The standard InChI is InChI=1S/C24H20O2/c25-23(20-14-6-2-7-15-20)22(24(26)21-16-8-3-9-17-21)18-10-13-19-11-4-1-5-12-19/h1-17,22H,18H2/b13-10-. The molecule has 0 aliphatic carbocycles. The van der Waals surface area contributed by atoms with E-state index in [9.17, 15) is 9.59 Å². The van der Waals surface area contributed by atoms with Gasteiger partial charge >= 0.3 is 0 Å². The van der Waals surface area contributed by atoms with E-state index in [1.54, 1.807) is 24.3 Å². The van der Waals surface area contributed by atoms with Crippen molar-refractivity contribution in [3.63, 3.8) is 0 Å². The van der Waals surface area contributed by atoms with Gasteiger partial charge in [-0.2, -0.15) is 0 Å². The van der Waals surface area contributed by atoms with Crippen molar-refractivity contribution < 1.29 is 9.59 Å². The Kier molecular flexibility index (Phi) is 5.89. The summed E-state index contributed by atoms with van der Waals surface area (Å²) in [5.74, 6) is -1.01. The smallest absolute Gasteiger partial charge is 0.174 e. The van der Waals surface area contributed by atoms with Gasteiger partial charge in [0.05, 0.1) is 5.92 Å². The lowest BCUT2D eigenvalue weighted by Crippen LogP contribution is -2.24. The van der Waals surface area contributed by atoms with E-state index in [2.05, 4.69) is 0 Å². The summed E-state index contributed by atoms with van der Waals surface area (Å²) in [7, 11) is 0. The Morgan fingerprint density at radius 3 is 1.54 bits per heavy atom. The fourth-order valence-electron chi connectivity index (χ4n) is 2.84. The van der Waals surface area contributed by atoms with Crippen molar-refractivity contribution in [2.45, 2.75) is 6.42 Å². The van der Waals surface area contributed by atoms with Crippen LogP contribution in [0.3, 0.4) is 0 Å². The number of hydrogen-bond donors (Lipinski definition) is 0. The van der Waals surface area contributed by atoms with Crippen LogP contribution in [0.25, 0.3) is 6.08 Å². The van der Waals surface area contributed by atoms with E-state index in [0.717, 1.165) is 5.56 Å². The number of benzene rings is 3. The minimum absolute atomic E-state index is 0.142. The Balaban J connectivity index is 1.85. The van der Waals surface area contributed by atoms with Crippen LogP contribution in [0.15, 0.2) is 97.1 Å². The van der Waals surface area contributed by atoms with Gasteiger partial charge in [0.2, 0.25) is 0 Å². The highest BCUT2D eigenvalue weighted by Crippen LogP contribution is 2.20. The number of carbonyl (C=O) groups is 2. The average Bonchev–Trinajstić information content (AvgIpc) is 2.72. The summed E-state index contributed by atoms with van der Waals surface area (Å²) in [6.07, 6.45) is 4.22. The van der Waals surface area contributed by atoms with Crippen LogP contribution in [-0.2, 0) is 0 Å². The molecule has 0 N–H and O–H groups in total. The van der Waals surface area contributed by atoms with E-state index in [1.807, 2.05) is 78.9 Å². The Morgan fingerprint density at radius 1 is 0.654 bits per heavy atom. The number of hydrogen-bond acceptors (Lipinski definition) is 2. The highest BCUT2D eigenvalue weighted by atomic mass is 16.1. The Labute approximate surface area is 153 Å². The Morgan fingerprint density at radius 2 is 1.08 bits per heavy atom. The van der Waals surface area contributed by atoms with Gasteiger partial charge in [0.25, 0.3) is 0 Å². The van der Waals surface area contributed by atoms with Crippen LogP contribution in [0.1, 0.15) is 32.7 Å². The molecule has 0 unspecified atom stereocenters. The number of allylic oxidation sites excluding steroid dienone is 1. The molecule has 0 aliphatic heterocycles. The normalized spacial score (nSPS) is 11.0. The zero-order chi connectivity index (χ0) is 18.2. The molecular formula is C24H20O2. The zero-order valence-electron chi connectivity index (χ0n) is 14.4. The van der Waals surface area contributed by atoms with E-state index >= 15 is 0 Å². The van der Waals surface area contributed by atoms with Crippen molar-refractivity contribution in [3.8, 4) is 0 Å². The van der Waals surface area contributed by atoms with Gasteiger partial charge < -0.3 is 0 Å². The molecule has 3 rings (SSSR count). The number of carbonyl (C=O) groups excluding carboxylic acids is 2. The van der Waals surface area contributed by atoms with E-state index in [4.69, 9.17) is 0 Å². The molecule has 0 amide bonds. The van der Waals surface area contributed by atoms with Gasteiger partial charge in [-0.05, 0) is 12.0 Å². The van der Waals surface area contributed by atoms with Crippen LogP contribution in [0.5, 0.6) is 0 Å². The number of rotatable bonds is 7. The molecule has 128 valence electrons. The van der Waals surface area contributed by atoms with Crippen molar-refractivity contribution in [3.05, 3.63) is 114 Å². The molecule has 0 spiro atoms. The summed E-state index contributed by atoms with van der Waals surface area (Å²) in [4.78, 5) is 25.9. The maximum Gasteiger partial charge on any atom is 0.174 e. The summed E-state index contributed by atoms with van der Waals surface area (Å²) in [5, 5.41) is 0. The SMILES string of the molecule is O=C(c1ccccc1)C(C/C=C\c1ccccc1)C(=O)c1ccccc1. The summed E-state index contributed by atoms with van der Waals surface area (Å²) < 4.78 is 0. The molecule has 3 aromatic rings. The van der Waals surface area contributed by atoms with E-state index in [1.165, 1.54) is 0 Å². The van der Waals surface area contributed by atoms with Crippen LogP contribution < -0.4 is 0 Å². The molecule has 0 radical (unpaired) electrons. The van der Waals surface area contributed by atoms with Crippen molar-refractivity contribution >= 4 is 17.6 Å². The highest BCUT2D eigenvalue weighted by molar-refractivity contribution is 6.16. The van der Waals surface area contributed by atoms with Crippen LogP contribution in [0, 0.1) is 5.92 Å². The largest absolute Gasteiger partial charge is 0.293 e. The van der Waals surface area contributed by atoms with E-state index in [0.29, 0.717) is 17.5 Å². The first-order valence-corrected chi connectivity index (χ1v) is 8.66. The van der Waals surface area contributed by atoms with Crippen LogP contribution in [0.4, 0.5) is 0 Å². The molecule has 26 heavy (non-hydrogen) atoms. The first kappa shape index (κ1) is 17.6. The lowest BCUT2D eigenvalue weighted by atomic mass is 9.87. The van der Waals surface area contributed by atoms with Gasteiger partial charge in [-0.25, -0.2) is 0 Å². The monoisotopic (exact) mass is 340 g/mol. The lowest BCUT2D eigenvalue weighted by Gasteiger charge is -2.13. The molecule has 3 aromatic carbocycles. The average molecular weight is 340 g/mol. The third-order valence-electron chi connectivity index (χ3n) is 4.23. The summed E-state index contributed by atoms with van der Waals surface area (Å²) in [6, 6.07) is 27.9. The maximum absolute atomic E-state index is 12.9. The van der Waals surface area contributed by atoms with Gasteiger partial charge in [-0.15, -0.1) is 0 Å². The predicted octanol–water partition coefficient (Wildman–Crippen LogP) is 5.47. The maximum atomic E-state index is 12.9. The van der Waals surface area contributed by atoms with Crippen LogP contribution in [0.2, 0.25) is 0 Å². The van der Waals surface area contributed by atoms with Crippen molar-refractivity contribution in [2.24, 2.45) is 5.92 Å². The molecule has 2 heteroatoms. The Hall–Kier alpha value is -3.26. The minimum Gasteiger partial charge on any atom is -0.293 e. The minimum atomic E-state index is -0.722. The Bertz CT molecular complexity index is 830. The third-order valence-corrected chi connectivity index (χ3v) is 4.23. The second-order valence-electron chi connectivity index (χ2n) is 6.06. The number of ketones is 2. The summed E-state index contributed by atoms with van der Waals surface area (Å²) >= 11 is 0. The molecule has 2 nitrogen and oxygen atoms in total. The van der Waals surface area contributed by atoms with Gasteiger partial charge in [0.15, 0.2) is 11.6 Å². The molecule has 0 bridgehead atoms. The fourth-order valence-corrected chi connectivity index (χ4v) is 2.84. The first-order valence-electron chi connectivity index (χ1n) is 8.66. The molecule has 0 fully saturated rings. The molecule has 0 aromatic heterocycles. The van der Waals surface area contributed by atoms with Gasteiger partial charge in [0.1, 0.15) is 0 Å².